The van der Waals surface area contributed by atoms with Crippen LogP contribution in [0.3, 0.4) is 0 Å². The van der Waals surface area contributed by atoms with Gasteiger partial charge in [0.05, 0.1) is 24.7 Å². The van der Waals surface area contributed by atoms with Gasteiger partial charge in [-0.05, 0) is 49.2 Å². The fraction of sp³-hybridized carbons (Fsp3) is 0.458. The molecule has 2 heterocycles. The average Bonchev–Trinajstić information content (AvgIpc) is 2.84. The van der Waals surface area contributed by atoms with E-state index >= 15 is 0 Å². The molecule has 2 aromatic carbocycles. The van der Waals surface area contributed by atoms with Crippen molar-refractivity contribution in [3.63, 3.8) is 0 Å². The molecule has 33 heavy (non-hydrogen) atoms. The van der Waals surface area contributed by atoms with Crippen LogP contribution in [0.25, 0.3) is 0 Å². The molecule has 9 heteroatoms. The van der Waals surface area contributed by atoms with Crippen LogP contribution in [0.5, 0.6) is 5.75 Å². The number of carbonyl (C=O) groups excluding carboxylic acids is 1. The maximum atomic E-state index is 13.4. The summed E-state index contributed by atoms with van der Waals surface area (Å²) in [6, 6.07) is 16.1. The normalized spacial score (nSPS) is 22.2. The van der Waals surface area contributed by atoms with Crippen LogP contribution in [-0.4, -0.2) is 69.5 Å². The van der Waals surface area contributed by atoms with Gasteiger partial charge in [-0.1, -0.05) is 34.1 Å². The van der Waals surface area contributed by atoms with Crippen LogP contribution in [0.1, 0.15) is 19.3 Å². The summed E-state index contributed by atoms with van der Waals surface area (Å²) in [6.45, 7) is 3.14. The molecule has 2 fully saturated rings. The number of hydrogen-bond donors (Lipinski definition) is 0. The summed E-state index contributed by atoms with van der Waals surface area (Å²) in [7, 11) is -3.68. The highest BCUT2D eigenvalue weighted by molar-refractivity contribution is 9.10. The highest BCUT2D eigenvalue weighted by Crippen LogP contribution is 2.37. The lowest BCUT2D eigenvalue weighted by molar-refractivity contribution is -0.139. The van der Waals surface area contributed by atoms with Gasteiger partial charge in [-0.3, -0.25) is 4.79 Å². The van der Waals surface area contributed by atoms with Crippen molar-refractivity contribution in [2.45, 2.75) is 24.2 Å². The molecule has 2 aliphatic heterocycles. The SMILES string of the molecule is O=C(CC1(COc2ccccc2)CCCN(S(=O)(=O)c2ccc(Br)cc2)C1)N1CCOCC1. The van der Waals surface area contributed by atoms with E-state index in [4.69, 9.17) is 9.47 Å². The second-order valence-electron chi connectivity index (χ2n) is 8.67. The Hall–Kier alpha value is -1.94. The molecule has 0 N–H and O–H groups in total. The Morgan fingerprint density at radius 3 is 2.42 bits per heavy atom. The van der Waals surface area contributed by atoms with Crippen LogP contribution in [0, 0.1) is 5.41 Å². The van der Waals surface area contributed by atoms with E-state index < -0.39 is 15.4 Å². The molecule has 0 radical (unpaired) electrons. The molecule has 4 rings (SSSR count). The summed E-state index contributed by atoms with van der Waals surface area (Å²) in [4.78, 5) is 15.3. The fourth-order valence-corrected chi connectivity index (χ4v) is 6.29. The first-order valence-corrected chi connectivity index (χ1v) is 13.4. The van der Waals surface area contributed by atoms with Crippen LogP contribution in [0.2, 0.25) is 0 Å². The largest absolute Gasteiger partial charge is 0.493 e. The van der Waals surface area contributed by atoms with Gasteiger partial charge in [-0.15, -0.1) is 0 Å². The number of hydrogen-bond acceptors (Lipinski definition) is 5. The summed E-state index contributed by atoms with van der Waals surface area (Å²) < 4.78 is 40.6. The molecule has 7 nitrogen and oxygen atoms in total. The molecule has 1 unspecified atom stereocenters. The first-order valence-electron chi connectivity index (χ1n) is 11.2. The van der Waals surface area contributed by atoms with E-state index in [-0.39, 0.29) is 30.4 Å². The Bertz CT molecular complexity index is 1040. The van der Waals surface area contributed by atoms with Gasteiger partial charge >= 0.3 is 0 Å². The van der Waals surface area contributed by atoms with Gasteiger partial charge < -0.3 is 14.4 Å². The lowest BCUT2D eigenvalue weighted by Crippen LogP contribution is -2.51. The van der Waals surface area contributed by atoms with Crippen molar-refractivity contribution >= 4 is 31.9 Å². The van der Waals surface area contributed by atoms with E-state index in [2.05, 4.69) is 15.9 Å². The molecule has 2 aromatic rings. The molecule has 2 aliphatic rings. The Morgan fingerprint density at radius 1 is 1.03 bits per heavy atom. The summed E-state index contributed by atoms with van der Waals surface area (Å²) in [6.07, 6.45) is 1.64. The summed E-state index contributed by atoms with van der Waals surface area (Å²) in [5.41, 5.74) is -0.605. The van der Waals surface area contributed by atoms with Gasteiger partial charge in [0.25, 0.3) is 0 Å². The molecular weight excluding hydrogens is 508 g/mol. The highest BCUT2D eigenvalue weighted by atomic mass is 79.9. The molecule has 0 aliphatic carbocycles. The molecule has 1 atom stereocenters. The number of ether oxygens (including phenoxy) is 2. The first kappa shape index (κ1) is 24.2. The van der Waals surface area contributed by atoms with Crippen LogP contribution in [-0.2, 0) is 19.6 Å². The zero-order chi connectivity index (χ0) is 23.3. The lowest BCUT2D eigenvalue weighted by atomic mass is 9.78. The summed E-state index contributed by atoms with van der Waals surface area (Å²) >= 11 is 3.36. The minimum absolute atomic E-state index is 0.0258. The van der Waals surface area contributed by atoms with Crippen LogP contribution in [0.4, 0.5) is 0 Å². The molecule has 1 amide bonds. The number of benzene rings is 2. The molecule has 178 valence electrons. The summed E-state index contributed by atoms with van der Waals surface area (Å²) in [5, 5.41) is 0. The fourth-order valence-electron chi connectivity index (χ4n) is 4.44. The van der Waals surface area contributed by atoms with Crippen molar-refractivity contribution in [2.75, 3.05) is 46.0 Å². The first-order chi connectivity index (χ1) is 15.9. The van der Waals surface area contributed by atoms with Crippen molar-refractivity contribution in [2.24, 2.45) is 5.41 Å². The van der Waals surface area contributed by atoms with Crippen molar-refractivity contribution in [3.8, 4) is 5.75 Å². The number of para-hydroxylation sites is 1. The minimum atomic E-state index is -3.68. The highest BCUT2D eigenvalue weighted by Gasteiger charge is 2.43. The number of morpholine rings is 1. The molecule has 0 saturated carbocycles. The standard InChI is InChI=1S/C24H29BrN2O5S/c25-20-7-9-22(10-8-20)33(29,30)27-12-4-11-24(18-27,19-32-21-5-2-1-3-6-21)17-23(28)26-13-15-31-16-14-26/h1-3,5-10H,4,11-19H2. The van der Waals surface area contributed by atoms with Gasteiger partial charge in [0.2, 0.25) is 15.9 Å². The number of halogens is 1. The molecule has 0 spiro atoms. The zero-order valence-electron chi connectivity index (χ0n) is 18.5. The van der Waals surface area contributed by atoms with E-state index in [1.54, 1.807) is 24.3 Å². The van der Waals surface area contributed by atoms with Gasteiger partial charge in [0.15, 0.2) is 0 Å². The average molecular weight is 537 g/mol. The third-order valence-electron chi connectivity index (χ3n) is 6.26. The zero-order valence-corrected chi connectivity index (χ0v) is 20.9. The quantitative estimate of drug-likeness (QED) is 0.540. The van der Waals surface area contributed by atoms with E-state index in [9.17, 15) is 13.2 Å². The Labute approximate surface area is 203 Å². The lowest BCUT2D eigenvalue weighted by Gasteiger charge is -2.42. The number of carbonyl (C=O) groups is 1. The van der Waals surface area contributed by atoms with Gasteiger partial charge in [0, 0.05) is 42.5 Å². The van der Waals surface area contributed by atoms with Crippen LogP contribution < -0.4 is 4.74 Å². The number of nitrogens with zero attached hydrogens (tertiary/aromatic N) is 2. The second-order valence-corrected chi connectivity index (χ2v) is 11.5. The molecule has 2 saturated heterocycles. The maximum Gasteiger partial charge on any atom is 0.243 e. The van der Waals surface area contributed by atoms with Crippen LogP contribution in [0.15, 0.2) is 64.0 Å². The van der Waals surface area contributed by atoms with Gasteiger partial charge in [0.1, 0.15) is 5.75 Å². The van der Waals surface area contributed by atoms with E-state index in [1.807, 2.05) is 35.2 Å². The predicted molar refractivity (Wildman–Crippen MR) is 129 cm³/mol. The van der Waals surface area contributed by atoms with Crippen molar-refractivity contribution in [1.29, 1.82) is 0 Å². The second kappa shape index (κ2) is 10.5. The van der Waals surface area contributed by atoms with Crippen molar-refractivity contribution in [1.82, 2.24) is 9.21 Å². The van der Waals surface area contributed by atoms with E-state index in [0.29, 0.717) is 45.0 Å². The molecular formula is C24H29BrN2O5S. The van der Waals surface area contributed by atoms with Gasteiger partial charge in [-0.2, -0.15) is 4.31 Å². The summed E-state index contributed by atoms with van der Waals surface area (Å²) in [5.74, 6) is 0.737. The number of amides is 1. The van der Waals surface area contributed by atoms with Gasteiger partial charge in [-0.25, -0.2) is 8.42 Å². The number of sulfonamides is 1. The Morgan fingerprint density at radius 2 is 1.73 bits per heavy atom. The van der Waals surface area contributed by atoms with Crippen molar-refractivity contribution < 1.29 is 22.7 Å². The monoisotopic (exact) mass is 536 g/mol. The molecule has 0 aromatic heterocycles. The molecule has 0 bridgehead atoms. The maximum absolute atomic E-state index is 13.4. The smallest absolute Gasteiger partial charge is 0.243 e. The third kappa shape index (κ3) is 5.95. The Kier molecular flexibility index (Phi) is 7.73. The van der Waals surface area contributed by atoms with E-state index in [0.717, 1.165) is 10.9 Å². The van der Waals surface area contributed by atoms with Crippen LogP contribution >= 0.6 is 15.9 Å². The predicted octanol–water partition coefficient (Wildman–Crippen LogP) is 3.55. The number of piperidine rings is 1. The van der Waals surface area contributed by atoms with E-state index in [1.165, 1.54) is 4.31 Å². The third-order valence-corrected chi connectivity index (χ3v) is 8.64. The van der Waals surface area contributed by atoms with Crippen molar-refractivity contribution in [3.05, 3.63) is 59.1 Å². The Balaban J connectivity index is 1.57. The topological polar surface area (TPSA) is 76.2 Å². The minimum Gasteiger partial charge on any atom is -0.493 e. The number of rotatable bonds is 7.